The summed E-state index contributed by atoms with van der Waals surface area (Å²) < 4.78 is 17.0. The van der Waals surface area contributed by atoms with Crippen molar-refractivity contribution in [3.8, 4) is 0 Å². The zero-order chi connectivity index (χ0) is 20.3. The molecular weight excluding hydrogens is 375 g/mol. The van der Waals surface area contributed by atoms with E-state index in [0.717, 1.165) is 51.1 Å². The summed E-state index contributed by atoms with van der Waals surface area (Å²) in [6.45, 7) is 3.52. The van der Waals surface area contributed by atoms with Crippen molar-refractivity contribution in [2.75, 3.05) is 51.3 Å². The Morgan fingerprint density at radius 1 is 1.28 bits per heavy atom. The lowest BCUT2D eigenvalue weighted by molar-refractivity contribution is -0.118. The minimum atomic E-state index is -0.638. The number of ether oxygens (including phenoxy) is 1. The Kier molecular flexibility index (Phi) is 5.99. The van der Waals surface area contributed by atoms with Gasteiger partial charge < -0.3 is 19.9 Å². The number of carbonyl (C=O) groups excluding carboxylic acids is 2. The van der Waals surface area contributed by atoms with Crippen LogP contribution >= 0.6 is 0 Å². The first-order chi connectivity index (χ1) is 14.1. The number of alkyl halides is 1. The minimum absolute atomic E-state index is 0.0664. The molecule has 0 bridgehead atoms. The summed E-state index contributed by atoms with van der Waals surface area (Å²) in [7, 11) is 0. The number of aromatic nitrogens is 1. The van der Waals surface area contributed by atoms with Gasteiger partial charge in [-0.05, 0) is 50.8 Å². The number of nitrogens with one attached hydrogen (secondary N) is 1. The molecule has 0 aliphatic carbocycles. The summed E-state index contributed by atoms with van der Waals surface area (Å²) in [6.07, 6.45) is 5.69. The van der Waals surface area contributed by atoms with Crippen molar-refractivity contribution in [1.29, 1.82) is 0 Å². The number of rotatable bonds is 4. The summed E-state index contributed by atoms with van der Waals surface area (Å²) >= 11 is 0. The van der Waals surface area contributed by atoms with Gasteiger partial charge in [-0.1, -0.05) is 6.07 Å². The molecule has 3 aliphatic heterocycles. The van der Waals surface area contributed by atoms with Crippen LogP contribution < -0.4 is 5.32 Å². The summed E-state index contributed by atoms with van der Waals surface area (Å²) in [5.74, 6) is 1.35. The van der Waals surface area contributed by atoms with E-state index in [1.165, 1.54) is 5.56 Å². The molecule has 1 aromatic rings. The molecule has 0 radical (unpaired) electrons. The van der Waals surface area contributed by atoms with E-state index in [9.17, 15) is 14.0 Å². The second kappa shape index (κ2) is 8.65. The molecule has 4 heterocycles. The van der Waals surface area contributed by atoms with Crippen LogP contribution in [0.1, 0.15) is 37.7 Å². The molecule has 8 heteroatoms. The fourth-order valence-electron chi connectivity index (χ4n) is 5.00. The van der Waals surface area contributed by atoms with Crippen molar-refractivity contribution in [2.24, 2.45) is 5.92 Å². The minimum Gasteiger partial charge on any atom is -0.447 e. The lowest BCUT2D eigenvalue weighted by Crippen LogP contribution is -2.49. The third-order valence-corrected chi connectivity index (χ3v) is 6.64. The van der Waals surface area contributed by atoms with Crippen LogP contribution in [-0.2, 0) is 14.9 Å². The number of carbonyl (C=O) groups is 2. The lowest BCUT2D eigenvalue weighted by atomic mass is 9.69. The van der Waals surface area contributed by atoms with Crippen molar-refractivity contribution < 1.29 is 18.7 Å². The Bertz CT molecular complexity index is 743. The van der Waals surface area contributed by atoms with Gasteiger partial charge in [-0.25, -0.2) is 14.2 Å². The third kappa shape index (κ3) is 4.37. The van der Waals surface area contributed by atoms with E-state index in [1.807, 2.05) is 6.07 Å². The molecule has 2 amide bonds. The van der Waals surface area contributed by atoms with Crippen LogP contribution in [0.2, 0.25) is 0 Å². The van der Waals surface area contributed by atoms with Crippen LogP contribution in [-0.4, -0.2) is 72.8 Å². The van der Waals surface area contributed by atoms with E-state index in [-0.39, 0.29) is 17.9 Å². The van der Waals surface area contributed by atoms with Gasteiger partial charge in [0.25, 0.3) is 0 Å². The quantitative estimate of drug-likeness (QED) is 0.835. The van der Waals surface area contributed by atoms with Crippen LogP contribution in [0.25, 0.3) is 0 Å². The Labute approximate surface area is 170 Å². The van der Waals surface area contributed by atoms with Crippen LogP contribution in [0.3, 0.4) is 0 Å². The van der Waals surface area contributed by atoms with Crippen molar-refractivity contribution in [1.82, 2.24) is 14.8 Å². The zero-order valence-electron chi connectivity index (χ0n) is 16.7. The van der Waals surface area contributed by atoms with Crippen LogP contribution in [0.4, 0.5) is 15.0 Å². The maximum Gasteiger partial charge on any atom is 0.409 e. The summed E-state index contributed by atoms with van der Waals surface area (Å²) in [5.41, 5.74) is 1.09. The predicted octanol–water partition coefficient (Wildman–Crippen LogP) is 2.58. The van der Waals surface area contributed by atoms with Crippen molar-refractivity contribution in [3.63, 3.8) is 0 Å². The number of anilines is 1. The predicted molar refractivity (Wildman–Crippen MR) is 106 cm³/mol. The first-order valence-electron chi connectivity index (χ1n) is 10.5. The summed E-state index contributed by atoms with van der Waals surface area (Å²) in [4.78, 5) is 32.6. The molecule has 3 aliphatic rings. The highest BCUT2D eigenvalue weighted by Gasteiger charge is 2.43. The van der Waals surface area contributed by atoms with Gasteiger partial charge in [0.1, 0.15) is 19.1 Å². The number of hydrogen-bond acceptors (Lipinski definition) is 5. The molecule has 2 saturated heterocycles. The third-order valence-electron chi connectivity index (χ3n) is 6.64. The number of amides is 2. The second-order valence-electron chi connectivity index (χ2n) is 8.44. The van der Waals surface area contributed by atoms with Gasteiger partial charge in [0, 0.05) is 43.2 Å². The maximum atomic E-state index is 12.2. The van der Waals surface area contributed by atoms with E-state index in [2.05, 4.69) is 21.3 Å². The molecule has 158 valence electrons. The van der Waals surface area contributed by atoms with Crippen LogP contribution in [0.15, 0.2) is 18.3 Å². The molecule has 1 N–H and O–H groups in total. The number of fused-ring (bicyclic) bond motifs is 2. The van der Waals surface area contributed by atoms with Crippen molar-refractivity contribution in [2.45, 2.75) is 37.5 Å². The fourth-order valence-corrected chi connectivity index (χ4v) is 5.00. The average molecular weight is 404 g/mol. The molecular formula is C21H29FN4O3. The van der Waals surface area contributed by atoms with Crippen LogP contribution in [0.5, 0.6) is 0 Å². The highest BCUT2D eigenvalue weighted by atomic mass is 19.1. The highest BCUT2D eigenvalue weighted by Crippen LogP contribution is 2.44. The Hall–Kier alpha value is -2.22. The van der Waals surface area contributed by atoms with Gasteiger partial charge in [-0.2, -0.15) is 0 Å². The van der Waals surface area contributed by atoms with Gasteiger partial charge in [-0.3, -0.25) is 4.79 Å². The smallest absolute Gasteiger partial charge is 0.409 e. The number of nitrogens with zero attached hydrogens (tertiary/aromatic N) is 3. The SMILES string of the molecule is O=C1CC2(CCN(CC3CCN(C(=O)OCCF)CC3)CC2)c2cccnc2N1. The number of piperidine rings is 2. The maximum absolute atomic E-state index is 12.2. The molecule has 2 fully saturated rings. The Balaban J connectivity index is 1.28. The number of likely N-dealkylation sites (tertiary alicyclic amines) is 2. The van der Waals surface area contributed by atoms with E-state index < -0.39 is 12.8 Å². The fraction of sp³-hybridized carbons (Fsp3) is 0.667. The molecule has 1 aromatic heterocycles. The number of halogens is 1. The molecule has 29 heavy (non-hydrogen) atoms. The molecule has 0 saturated carbocycles. The zero-order valence-corrected chi connectivity index (χ0v) is 16.7. The number of pyridine rings is 1. The van der Waals surface area contributed by atoms with Crippen LogP contribution in [0, 0.1) is 5.92 Å². The van der Waals surface area contributed by atoms with Gasteiger partial charge in [0.05, 0.1) is 0 Å². The monoisotopic (exact) mass is 404 g/mol. The van der Waals surface area contributed by atoms with E-state index in [4.69, 9.17) is 4.74 Å². The molecule has 1 spiro atoms. The van der Waals surface area contributed by atoms with Gasteiger partial charge in [-0.15, -0.1) is 0 Å². The molecule has 7 nitrogen and oxygen atoms in total. The highest BCUT2D eigenvalue weighted by molar-refractivity contribution is 5.94. The second-order valence-corrected chi connectivity index (χ2v) is 8.44. The summed E-state index contributed by atoms with van der Waals surface area (Å²) in [6, 6.07) is 4.06. The lowest BCUT2D eigenvalue weighted by Gasteiger charge is -2.45. The first-order valence-corrected chi connectivity index (χ1v) is 10.5. The molecule has 0 aromatic carbocycles. The molecule has 0 atom stereocenters. The largest absolute Gasteiger partial charge is 0.447 e. The van der Waals surface area contributed by atoms with E-state index >= 15 is 0 Å². The van der Waals surface area contributed by atoms with E-state index in [1.54, 1.807) is 11.1 Å². The van der Waals surface area contributed by atoms with Gasteiger partial charge in [0.15, 0.2) is 0 Å². The first kappa shape index (κ1) is 20.1. The standard InChI is InChI=1S/C21H29FN4O3/c22-7-13-29-20(28)26-9-3-16(4-10-26)15-25-11-5-21(6-12-25)14-18(27)24-19-17(21)2-1-8-23-19/h1-2,8,16H,3-7,9-15H2,(H,23,24,27). The van der Waals surface area contributed by atoms with Gasteiger partial charge in [0.2, 0.25) is 5.91 Å². The molecule has 4 rings (SSSR count). The average Bonchev–Trinajstić information content (AvgIpc) is 2.74. The molecule has 0 unspecified atom stereocenters. The summed E-state index contributed by atoms with van der Waals surface area (Å²) in [5, 5.41) is 2.91. The Morgan fingerprint density at radius 2 is 2.03 bits per heavy atom. The Morgan fingerprint density at radius 3 is 2.76 bits per heavy atom. The number of hydrogen-bond donors (Lipinski definition) is 1. The topological polar surface area (TPSA) is 74.8 Å². The normalized spacial score (nSPS) is 22.2. The van der Waals surface area contributed by atoms with Crippen molar-refractivity contribution in [3.05, 3.63) is 23.9 Å². The van der Waals surface area contributed by atoms with Crippen molar-refractivity contribution >= 4 is 17.8 Å². The van der Waals surface area contributed by atoms with Gasteiger partial charge >= 0.3 is 6.09 Å². The van der Waals surface area contributed by atoms with E-state index in [0.29, 0.717) is 25.4 Å².